The Labute approximate surface area is 155 Å². The van der Waals surface area contributed by atoms with Crippen molar-refractivity contribution in [2.24, 2.45) is 0 Å². The molecule has 1 heterocycles. The standard InChI is InChI=1S/C19H19ClFN3O2/c1-12(22-9-10-26-2)18-23-17-6-4-3-5-14(17)19(25)24(18)13-7-8-16(21)15(20)11-13/h3-8,11-12,22H,9-10H2,1-2H3/t12-/m0/s1. The first-order valence-electron chi connectivity index (χ1n) is 8.22. The van der Waals surface area contributed by atoms with Crippen LogP contribution in [0, 0.1) is 5.82 Å². The molecule has 7 heteroatoms. The molecule has 0 spiro atoms. The summed E-state index contributed by atoms with van der Waals surface area (Å²) in [5.74, 6) is -0.0162. The second-order valence-electron chi connectivity index (χ2n) is 5.89. The van der Waals surface area contributed by atoms with Crippen LogP contribution in [0.2, 0.25) is 5.02 Å². The first kappa shape index (κ1) is 18.5. The van der Waals surface area contributed by atoms with Crippen LogP contribution in [0.4, 0.5) is 4.39 Å². The molecule has 0 radical (unpaired) electrons. The highest BCUT2D eigenvalue weighted by Gasteiger charge is 2.18. The molecule has 2 aromatic carbocycles. The fourth-order valence-electron chi connectivity index (χ4n) is 2.78. The highest BCUT2D eigenvalue weighted by Crippen LogP contribution is 2.22. The van der Waals surface area contributed by atoms with Crippen LogP contribution in [-0.2, 0) is 4.74 Å². The molecule has 0 saturated carbocycles. The number of nitrogens with one attached hydrogen (secondary N) is 1. The maximum Gasteiger partial charge on any atom is 0.266 e. The molecule has 0 fully saturated rings. The first-order valence-corrected chi connectivity index (χ1v) is 8.60. The molecular formula is C19H19ClFN3O2. The van der Waals surface area contributed by atoms with Gasteiger partial charge in [-0.25, -0.2) is 9.37 Å². The van der Waals surface area contributed by atoms with Gasteiger partial charge in [0.05, 0.1) is 34.3 Å². The smallest absolute Gasteiger partial charge is 0.266 e. The third kappa shape index (κ3) is 3.62. The predicted molar refractivity (Wildman–Crippen MR) is 101 cm³/mol. The number of benzene rings is 2. The molecule has 1 N–H and O–H groups in total. The fourth-order valence-corrected chi connectivity index (χ4v) is 2.96. The highest BCUT2D eigenvalue weighted by atomic mass is 35.5. The van der Waals surface area contributed by atoms with E-state index in [1.165, 1.54) is 22.8 Å². The minimum absolute atomic E-state index is 0.0477. The van der Waals surface area contributed by atoms with Crippen molar-refractivity contribution in [2.75, 3.05) is 20.3 Å². The zero-order valence-corrected chi connectivity index (χ0v) is 15.3. The van der Waals surface area contributed by atoms with Crippen LogP contribution in [0.1, 0.15) is 18.8 Å². The summed E-state index contributed by atoms with van der Waals surface area (Å²) in [6.45, 7) is 3.04. The summed E-state index contributed by atoms with van der Waals surface area (Å²) < 4.78 is 20.1. The van der Waals surface area contributed by atoms with E-state index in [0.29, 0.717) is 35.6 Å². The van der Waals surface area contributed by atoms with Crippen LogP contribution in [0.15, 0.2) is 47.3 Å². The number of halogens is 2. The van der Waals surface area contributed by atoms with E-state index >= 15 is 0 Å². The average Bonchev–Trinajstić information content (AvgIpc) is 2.64. The van der Waals surface area contributed by atoms with Gasteiger partial charge in [0.25, 0.3) is 5.56 Å². The van der Waals surface area contributed by atoms with E-state index in [0.717, 1.165) is 0 Å². The second kappa shape index (κ2) is 7.95. The SMILES string of the molecule is COCCN[C@@H](C)c1nc2ccccc2c(=O)n1-c1ccc(F)c(Cl)c1. The minimum Gasteiger partial charge on any atom is -0.383 e. The van der Waals surface area contributed by atoms with Gasteiger partial charge in [-0.2, -0.15) is 0 Å². The molecule has 0 saturated heterocycles. The summed E-state index contributed by atoms with van der Waals surface area (Å²) >= 11 is 5.93. The van der Waals surface area contributed by atoms with Crippen molar-refractivity contribution in [1.29, 1.82) is 0 Å². The molecule has 1 atom stereocenters. The van der Waals surface area contributed by atoms with Crippen LogP contribution in [0.3, 0.4) is 0 Å². The molecule has 0 amide bonds. The highest BCUT2D eigenvalue weighted by molar-refractivity contribution is 6.30. The molecule has 0 aliphatic rings. The van der Waals surface area contributed by atoms with Gasteiger partial charge < -0.3 is 10.1 Å². The monoisotopic (exact) mass is 375 g/mol. The number of ether oxygens (including phenoxy) is 1. The van der Waals surface area contributed by atoms with Gasteiger partial charge >= 0.3 is 0 Å². The summed E-state index contributed by atoms with van der Waals surface area (Å²) in [7, 11) is 1.62. The van der Waals surface area contributed by atoms with Gasteiger partial charge in [0.1, 0.15) is 11.6 Å². The summed E-state index contributed by atoms with van der Waals surface area (Å²) in [6.07, 6.45) is 0. The van der Waals surface area contributed by atoms with Crippen LogP contribution in [0.25, 0.3) is 16.6 Å². The predicted octanol–water partition coefficient (Wildman–Crippen LogP) is 3.48. The Bertz CT molecular complexity index is 990. The lowest BCUT2D eigenvalue weighted by molar-refractivity contribution is 0.196. The minimum atomic E-state index is -0.537. The number of nitrogens with zero attached hydrogens (tertiary/aromatic N) is 2. The van der Waals surface area contributed by atoms with E-state index in [9.17, 15) is 9.18 Å². The lowest BCUT2D eigenvalue weighted by atomic mass is 10.2. The molecule has 3 aromatic rings. The Hall–Kier alpha value is -2.28. The number of methoxy groups -OCH3 is 1. The summed E-state index contributed by atoms with van der Waals surface area (Å²) in [4.78, 5) is 17.8. The van der Waals surface area contributed by atoms with E-state index < -0.39 is 5.82 Å². The lowest BCUT2D eigenvalue weighted by Gasteiger charge is -2.19. The normalized spacial score (nSPS) is 12.5. The van der Waals surface area contributed by atoms with Crippen molar-refractivity contribution < 1.29 is 9.13 Å². The van der Waals surface area contributed by atoms with E-state index in [1.807, 2.05) is 13.0 Å². The Morgan fingerprint density at radius 2 is 2.08 bits per heavy atom. The molecule has 5 nitrogen and oxygen atoms in total. The first-order chi connectivity index (χ1) is 12.5. The third-order valence-electron chi connectivity index (χ3n) is 4.11. The number of hydrogen-bond donors (Lipinski definition) is 1. The molecular weight excluding hydrogens is 357 g/mol. The van der Waals surface area contributed by atoms with Crippen molar-refractivity contribution in [3.05, 3.63) is 69.5 Å². The third-order valence-corrected chi connectivity index (χ3v) is 4.40. The van der Waals surface area contributed by atoms with Crippen molar-refractivity contribution in [3.8, 4) is 5.69 Å². The maximum absolute atomic E-state index is 13.6. The number of aromatic nitrogens is 2. The second-order valence-corrected chi connectivity index (χ2v) is 6.30. The molecule has 0 bridgehead atoms. The maximum atomic E-state index is 13.6. The lowest BCUT2D eigenvalue weighted by Crippen LogP contribution is -2.31. The molecule has 136 valence electrons. The molecule has 26 heavy (non-hydrogen) atoms. The van der Waals surface area contributed by atoms with E-state index in [2.05, 4.69) is 10.3 Å². The quantitative estimate of drug-likeness (QED) is 0.670. The Kier molecular flexibility index (Phi) is 5.66. The number of para-hydroxylation sites is 1. The summed E-state index contributed by atoms with van der Waals surface area (Å²) in [6, 6.07) is 11.1. The molecule has 0 aliphatic carbocycles. The largest absolute Gasteiger partial charge is 0.383 e. The molecule has 1 aromatic heterocycles. The van der Waals surface area contributed by atoms with Gasteiger partial charge in [0.15, 0.2) is 0 Å². The zero-order valence-electron chi connectivity index (χ0n) is 14.5. The van der Waals surface area contributed by atoms with Crippen LogP contribution >= 0.6 is 11.6 Å². The van der Waals surface area contributed by atoms with Gasteiger partial charge in [-0.05, 0) is 37.3 Å². The van der Waals surface area contributed by atoms with Gasteiger partial charge in [-0.3, -0.25) is 9.36 Å². The van der Waals surface area contributed by atoms with E-state index in [4.69, 9.17) is 16.3 Å². The van der Waals surface area contributed by atoms with E-state index in [1.54, 1.807) is 25.3 Å². The fraction of sp³-hybridized carbons (Fsp3) is 0.263. The van der Waals surface area contributed by atoms with Crippen molar-refractivity contribution in [3.63, 3.8) is 0 Å². The van der Waals surface area contributed by atoms with Gasteiger partial charge in [-0.1, -0.05) is 23.7 Å². The van der Waals surface area contributed by atoms with Crippen LogP contribution in [-0.4, -0.2) is 29.8 Å². The van der Waals surface area contributed by atoms with Crippen LogP contribution < -0.4 is 10.9 Å². The Balaban J connectivity index is 2.20. The van der Waals surface area contributed by atoms with Crippen molar-refractivity contribution in [1.82, 2.24) is 14.9 Å². The van der Waals surface area contributed by atoms with Gasteiger partial charge in [-0.15, -0.1) is 0 Å². The van der Waals surface area contributed by atoms with Crippen molar-refractivity contribution in [2.45, 2.75) is 13.0 Å². The Morgan fingerprint density at radius 1 is 1.31 bits per heavy atom. The summed E-state index contributed by atoms with van der Waals surface area (Å²) in [5, 5.41) is 3.71. The van der Waals surface area contributed by atoms with Crippen molar-refractivity contribution >= 4 is 22.5 Å². The average molecular weight is 376 g/mol. The molecule has 3 rings (SSSR count). The summed E-state index contributed by atoms with van der Waals surface area (Å²) in [5.41, 5.74) is 0.848. The number of rotatable bonds is 6. The molecule has 0 unspecified atom stereocenters. The van der Waals surface area contributed by atoms with E-state index in [-0.39, 0.29) is 16.6 Å². The number of fused-ring (bicyclic) bond motifs is 1. The zero-order chi connectivity index (χ0) is 18.7. The van der Waals surface area contributed by atoms with Crippen LogP contribution in [0.5, 0.6) is 0 Å². The van der Waals surface area contributed by atoms with Gasteiger partial charge in [0, 0.05) is 13.7 Å². The number of hydrogen-bond acceptors (Lipinski definition) is 4. The Morgan fingerprint density at radius 3 is 2.81 bits per heavy atom. The van der Waals surface area contributed by atoms with Gasteiger partial charge in [0.2, 0.25) is 0 Å². The molecule has 0 aliphatic heterocycles. The topological polar surface area (TPSA) is 56.1 Å².